The number of methoxy groups -OCH3 is 2. The minimum atomic E-state index is -0.304. The van der Waals surface area contributed by atoms with Gasteiger partial charge < -0.3 is 14.8 Å². The molecule has 19 heavy (non-hydrogen) atoms. The summed E-state index contributed by atoms with van der Waals surface area (Å²) in [5.74, 6) is -0.324. The molecule has 1 N–H and O–H groups in total. The van der Waals surface area contributed by atoms with Crippen LogP contribution in [0.5, 0.6) is 0 Å². The van der Waals surface area contributed by atoms with E-state index in [1.54, 1.807) is 7.11 Å². The molecule has 1 atom stereocenters. The zero-order valence-electron chi connectivity index (χ0n) is 12.6. The lowest BCUT2D eigenvalue weighted by molar-refractivity contribution is -0.141. The maximum atomic E-state index is 12.0. The SMILES string of the molecule is COCCN(CCC(=O)OC)C(C)C(=O)NC(C)C. The second kappa shape index (κ2) is 9.75. The van der Waals surface area contributed by atoms with Crippen LogP contribution in [0.2, 0.25) is 0 Å². The molecule has 1 unspecified atom stereocenters. The minimum Gasteiger partial charge on any atom is -0.469 e. The van der Waals surface area contributed by atoms with Crippen LogP contribution in [0.1, 0.15) is 27.2 Å². The fourth-order valence-corrected chi connectivity index (χ4v) is 1.62. The van der Waals surface area contributed by atoms with Gasteiger partial charge >= 0.3 is 5.97 Å². The van der Waals surface area contributed by atoms with Crippen LogP contribution in [-0.4, -0.2) is 62.8 Å². The highest BCUT2D eigenvalue weighted by atomic mass is 16.5. The summed E-state index contributed by atoms with van der Waals surface area (Å²) >= 11 is 0. The van der Waals surface area contributed by atoms with Crippen molar-refractivity contribution in [2.24, 2.45) is 0 Å². The highest BCUT2D eigenvalue weighted by Crippen LogP contribution is 2.02. The lowest BCUT2D eigenvalue weighted by Gasteiger charge is -2.28. The van der Waals surface area contributed by atoms with Gasteiger partial charge in [-0.25, -0.2) is 0 Å². The average Bonchev–Trinajstić information content (AvgIpc) is 2.36. The van der Waals surface area contributed by atoms with Crippen LogP contribution >= 0.6 is 0 Å². The highest BCUT2D eigenvalue weighted by molar-refractivity contribution is 5.81. The molecule has 0 saturated carbocycles. The Balaban J connectivity index is 4.44. The average molecular weight is 274 g/mol. The Hall–Kier alpha value is -1.14. The van der Waals surface area contributed by atoms with Crippen molar-refractivity contribution in [3.05, 3.63) is 0 Å². The molecule has 0 aliphatic carbocycles. The fraction of sp³-hybridized carbons (Fsp3) is 0.846. The van der Waals surface area contributed by atoms with Crippen LogP contribution in [0.3, 0.4) is 0 Å². The molecule has 0 saturated heterocycles. The number of rotatable bonds is 9. The number of nitrogens with one attached hydrogen (secondary N) is 1. The third-order valence-electron chi connectivity index (χ3n) is 2.77. The number of hydrogen-bond acceptors (Lipinski definition) is 5. The van der Waals surface area contributed by atoms with Gasteiger partial charge in [-0.15, -0.1) is 0 Å². The molecular formula is C13H26N2O4. The highest BCUT2D eigenvalue weighted by Gasteiger charge is 2.22. The van der Waals surface area contributed by atoms with Crippen molar-refractivity contribution in [1.82, 2.24) is 10.2 Å². The van der Waals surface area contributed by atoms with Gasteiger partial charge in [0.15, 0.2) is 0 Å². The normalized spacial score (nSPS) is 12.6. The lowest BCUT2D eigenvalue weighted by atomic mass is 10.2. The Bertz CT molecular complexity index is 282. The molecule has 0 radical (unpaired) electrons. The van der Waals surface area contributed by atoms with Gasteiger partial charge in [-0.1, -0.05) is 0 Å². The van der Waals surface area contributed by atoms with Gasteiger partial charge in [0.25, 0.3) is 0 Å². The molecule has 0 spiro atoms. The van der Waals surface area contributed by atoms with Gasteiger partial charge in [0, 0.05) is 26.2 Å². The van der Waals surface area contributed by atoms with E-state index in [-0.39, 0.29) is 30.4 Å². The van der Waals surface area contributed by atoms with E-state index in [1.807, 2.05) is 25.7 Å². The van der Waals surface area contributed by atoms with E-state index in [0.29, 0.717) is 19.7 Å². The Kier molecular flexibility index (Phi) is 9.16. The Morgan fingerprint density at radius 3 is 2.26 bits per heavy atom. The summed E-state index contributed by atoms with van der Waals surface area (Å²) in [6.07, 6.45) is 0.263. The van der Waals surface area contributed by atoms with Crippen molar-refractivity contribution in [1.29, 1.82) is 0 Å². The molecule has 112 valence electrons. The molecule has 0 aromatic rings. The van der Waals surface area contributed by atoms with Gasteiger partial charge in [-0.2, -0.15) is 0 Å². The molecule has 0 heterocycles. The smallest absolute Gasteiger partial charge is 0.306 e. The van der Waals surface area contributed by atoms with E-state index in [0.717, 1.165) is 0 Å². The molecule has 0 rings (SSSR count). The van der Waals surface area contributed by atoms with Crippen molar-refractivity contribution in [2.45, 2.75) is 39.3 Å². The number of hydrogen-bond donors (Lipinski definition) is 1. The van der Waals surface area contributed by atoms with Gasteiger partial charge in [0.1, 0.15) is 0 Å². The van der Waals surface area contributed by atoms with Crippen molar-refractivity contribution in [3.63, 3.8) is 0 Å². The molecule has 6 heteroatoms. The van der Waals surface area contributed by atoms with E-state index >= 15 is 0 Å². The second-order valence-corrected chi connectivity index (χ2v) is 4.69. The maximum absolute atomic E-state index is 12.0. The Labute approximate surface area is 115 Å². The predicted molar refractivity (Wildman–Crippen MR) is 72.8 cm³/mol. The summed E-state index contributed by atoms with van der Waals surface area (Å²) in [4.78, 5) is 25.1. The zero-order chi connectivity index (χ0) is 14.8. The first kappa shape index (κ1) is 17.9. The van der Waals surface area contributed by atoms with E-state index in [4.69, 9.17) is 4.74 Å². The Morgan fingerprint density at radius 1 is 1.16 bits per heavy atom. The molecule has 1 amide bonds. The van der Waals surface area contributed by atoms with E-state index in [9.17, 15) is 9.59 Å². The van der Waals surface area contributed by atoms with E-state index in [1.165, 1.54) is 7.11 Å². The molecule has 0 fully saturated rings. The first-order valence-corrected chi connectivity index (χ1v) is 6.52. The van der Waals surface area contributed by atoms with Crippen molar-refractivity contribution in [2.75, 3.05) is 33.9 Å². The van der Waals surface area contributed by atoms with Crippen LogP contribution < -0.4 is 5.32 Å². The van der Waals surface area contributed by atoms with E-state index in [2.05, 4.69) is 10.1 Å². The van der Waals surface area contributed by atoms with Gasteiger partial charge in [-0.3, -0.25) is 14.5 Å². The Morgan fingerprint density at radius 2 is 1.79 bits per heavy atom. The summed E-state index contributed by atoms with van der Waals surface area (Å²) in [5.41, 5.74) is 0. The second-order valence-electron chi connectivity index (χ2n) is 4.69. The molecular weight excluding hydrogens is 248 g/mol. The number of amides is 1. The topological polar surface area (TPSA) is 67.9 Å². The van der Waals surface area contributed by atoms with Crippen molar-refractivity contribution >= 4 is 11.9 Å². The number of esters is 1. The first-order valence-electron chi connectivity index (χ1n) is 6.52. The van der Waals surface area contributed by atoms with Crippen LogP contribution in [0, 0.1) is 0 Å². The lowest BCUT2D eigenvalue weighted by Crippen LogP contribution is -2.48. The van der Waals surface area contributed by atoms with E-state index < -0.39 is 0 Å². The van der Waals surface area contributed by atoms with Crippen LogP contribution in [-0.2, 0) is 19.1 Å². The van der Waals surface area contributed by atoms with Gasteiger partial charge in [0.2, 0.25) is 5.91 Å². The standard InChI is InChI=1S/C13H26N2O4/c1-10(2)14-13(17)11(3)15(8-9-18-4)7-6-12(16)19-5/h10-11H,6-9H2,1-5H3,(H,14,17). The van der Waals surface area contributed by atoms with Gasteiger partial charge in [-0.05, 0) is 20.8 Å². The number of carbonyl (C=O) groups is 2. The van der Waals surface area contributed by atoms with Crippen molar-refractivity contribution < 1.29 is 19.1 Å². The van der Waals surface area contributed by atoms with Crippen molar-refractivity contribution in [3.8, 4) is 0 Å². The fourth-order valence-electron chi connectivity index (χ4n) is 1.62. The quantitative estimate of drug-likeness (QED) is 0.617. The molecule has 0 aromatic heterocycles. The van der Waals surface area contributed by atoms with Gasteiger partial charge in [0.05, 0.1) is 26.2 Å². The molecule has 0 aliphatic heterocycles. The van der Waals surface area contributed by atoms with Crippen LogP contribution in [0.25, 0.3) is 0 Å². The summed E-state index contributed by atoms with van der Waals surface area (Å²) in [7, 11) is 2.97. The maximum Gasteiger partial charge on any atom is 0.306 e. The predicted octanol–water partition coefficient (Wildman–Crippen LogP) is 0.411. The summed E-state index contributed by atoms with van der Waals surface area (Å²) < 4.78 is 9.64. The summed E-state index contributed by atoms with van der Waals surface area (Å²) in [5, 5.41) is 2.86. The number of ether oxygens (including phenoxy) is 2. The number of nitrogens with zero attached hydrogens (tertiary/aromatic N) is 1. The van der Waals surface area contributed by atoms with Crippen LogP contribution in [0.4, 0.5) is 0 Å². The third kappa shape index (κ3) is 7.79. The zero-order valence-corrected chi connectivity index (χ0v) is 12.6. The van der Waals surface area contributed by atoms with Crippen LogP contribution in [0.15, 0.2) is 0 Å². The third-order valence-corrected chi connectivity index (χ3v) is 2.77. The minimum absolute atomic E-state index is 0.0454. The monoisotopic (exact) mass is 274 g/mol. The first-order chi connectivity index (χ1) is 8.92. The summed E-state index contributed by atoms with van der Waals surface area (Å²) in [6, 6.07) is -0.206. The molecule has 0 aliphatic rings. The summed E-state index contributed by atoms with van der Waals surface area (Å²) in [6.45, 7) is 7.24. The largest absolute Gasteiger partial charge is 0.469 e. The molecule has 0 bridgehead atoms. The molecule has 0 aromatic carbocycles. The molecule has 6 nitrogen and oxygen atoms in total. The number of carbonyl (C=O) groups excluding carboxylic acids is 2.